The van der Waals surface area contributed by atoms with Gasteiger partial charge >= 0.3 is 0 Å². The predicted molar refractivity (Wildman–Crippen MR) is 63.1 cm³/mol. The van der Waals surface area contributed by atoms with Gasteiger partial charge in [0.2, 0.25) is 5.91 Å². The van der Waals surface area contributed by atoms with Gasteiger partial charge in [0.25, 0.3) is 0 Å². The van der Waals surface area contributed by atoms with Gasteiger partial charge in [-0.1, -0.05) is 12.1 Å². The van der Waals surface area contributed by atoms with Crippen molar-refractivity contribution in [3.8, 4) is 5.75 Å². The lowest BCUT2D eigenvalue weighted by molar-refractivity contribution is -0.127. The molecule has 0 saturated carbocycles. The van der Waals surface area contributed by atoms with Crippen molar-refractivity contribution in [2.75, 3.05) is 20.2 Å². The van der Waals surface area contributed by atoms with E-state index >= 15 is 0 Å². The molecule has 0 radical (unpaired) electrons. The van der Waals surface area contributed by atoms with E-state index in [1.54, 1.807) is 36.3 Å². The lowest BCUT2D eigenvalue weighted by Crippen LogP contribution is -2.30. The Morgan fingerprint density at radius 2 is 2.29 bits per heavy atom. The fourth-order valence-electron chi connectivity index (χ4n) is 1.93. The van der Waals surface area contributed by atoms with Crippen LogP contribution in [0.1, 0.15) is 23.2 Å². The number of hydrogen-bond acceptors (Lipinski definition) is 3. The maximum Gasteiger partial charge on any atom is 0.223 e. The molecule has 1 aromatic rings. The number of rotatable bonds is 4. The molecule has 0 aromatic heterocycles. The first kappa shape index (κ1) is 11.6. The highest BCUT2D eigenvalue weighted by Gasteiger charge is 2.22. The molecule has 0 bridgehead atoms. The first-order chi connectivity index (χ1) is 8.20. The highest BCUT2D eigenvalue weighted by Crippen LogP contribution is 2.15. The van der Waals surface area contributed by atoms with Crippen molar-refractivity contribution >= 4 is 11.7 Å². The van der Waals surface area contributed by atoms with Crippen LogP contribution in [-0.2, 0) is 4.79 Å². The van der Waals surface area contributed by atoms with E-state index in [-0.39, 0.29) is 18.2 Å². The van der Waals surface area contributed by atoms with Crippen molar-refractivity contribution < 1.29 is 14.3 Å². The third kappa shape index (κ3) is 2.64. The van der Waals surface area contributed by atoms with E-state index in [0.717, 1.165) is 6.42 Å². The average molecular weight is 233 g/mol. The lowest BCUT2D eigenvalue weighted by Gasteiger charge is -2.14. The molecule has 1 amide bonds. The Bertz CT molecular complexity index is 442. The van der Waals surface area contributed by atoms with E-state index in [1.165, 1.54) is 0 Å². The molecule has 0 atom stereocenters. The fraction of sp³-hybridized carbons (Fsp3) is 0.385. The van der Waals surface area contributed by atoms with Crippen LogP contribution in [0, 0.1) is 0 Å². The van der Waals surface area contributed by atoms with Gasteiger partial charge in [0.15, 0.2) is 5.78 Å². The van der Waals surface area contributed by atoms with Crippen LogP contribution in [0.25, 0.3) is 0 Å². The normalized spacial score (nSPS) is 15.1. The summed E-state index contributed by atoms with van der Waals surface area (Å²) >= 11 is 0. The van der Waals surface area contributed by atoms with E-state index < -0.39 is 0 Å². The molecule has 90 valence electrons. The highest BCUT2D eigenvalue weighted by atomic mass is 16.5. The number of ether oxygens (including phenoxy) is 1. The number of benzene rings is 1. The quantitative estimate of drug-likeness (QED) is 0.740. The molecule has 0 aliphatic carbocycles. The van der Waals surface area contributed by atoms with Crippen LogP contribution in [0.15, 0.2) is 24.3 Å². The zero-order valence-electron chi connectivity index (χ0n) is 9.81. The summed E-state index contributed by atoms with van der Waals surface area (Å²) in [5.74, 6) is 0.684. The third-order valence-electron chi connectivity index (χ3n) is 2.90. The molecule has 1 aliphatic heterocycles. The number of carbonyl (C=O) groups is 2. The van der Waals surface area contributed by atoms with E-state index in [2.05, 4.69) is 0 Å². The summed E-state index contributed by atoms with van der Waals surface area (Å²) < 4.78 is 5.06. The Kier molecular flexibility index (Phi) is 3.42. The van der Waals surface area contributed by atoms with Crippen LogP contribution in [0.4, 0.5) is 0 Å². The summed E-state index contributed by atoms with van der Waals surface area (Å²) in [7, 11) is 1.56. The van der Waals surface area contributed by atoms with Crippen molar-refractivity contribution in [3.05, 3.63) is 29.8 Å². The molecule has 1 aromatic carbocycles. The van der Waals surface area contributed by atoms with Gasteiger partial charge in [0.05, 0.1) is 13.7 Å². The molecule has 17 heavy (non-hydrogen) atoms. The smallest absolute Gasteiger partial charge is 0.223 e. The van der Waals surface area contributed by atoms with Crippen LogP contribution in [-0.4, -0.2) is 36.8 Å². The zero-order valence-corrected chi connectivity index (χ0v) is 9.81. The summed E-state index contributed by atoms with van der Waals surface area (Å²) in [5, 5.41) is 0. The Balaban J connectivity index is 2.06. The number of ketones is 1. The SMILES string of the molecule is COc1cccc(C(=O)CN2CCCC2=O)c1. The second-order valence-electron chi connectivity index (χ2n) is 4.07. The number of likely N-dealkylation sites (tertiary alicyclic amines) is 1. The number of methoxy groups -OCH3 is 1. The van der Waals surface area contributed by atoms with Crippen molar-refractivity contribution in [3.63, 3.8) is 0 Å². The second kappa shape index (κ2) is 4.99. The topological polar surface area (TPSA) is 46.6 Å². The summed E-state index contributed by atoms with van der Waals surface area (Å²) in [5.41, 5.74) is 0.587. The van der Waals surface area contributed by atoms with Gasteiger partial charge in [-0.25, -0.2) is 0 Å². The molecular formula is C13H15NO3. The van der Waals surface area contributed by atoms with Crippen molar-refractivity contribution in [1.82, 2.24) is 4.90 Å². The van der Waals surface area contributed by atoms with E-state index in [0.29, 0.717) is 24.3 Å². The minimum Gasteiger partial charge on any atom is -0.497 e. The van der Waals surface area contributed by atoms with Gasteiger partial charge in [-0.15, -0.1) is 0 Å². The largest absolute Gasteiger partial charge is 0.497 e. The molecule has 1 fully saturated rings. The Hall–Kier alpha value is -1.84. The van der Waals surface area contributed by atoms with Crippen molar-refractivity contribution in [2.24, 2.45) is 0 Å². The van der Waals surface area contributed by atoms with Crippen molar-refractivity contribution in [1.29, 1.82) is 0 Å². The molecule has 1 heterocycles. The van der Waals surface area contributed by atoms with E-state index in [1.807, 2.05) is 0 Å². The molecule has 4 heteroatoms. The molecule has 0 unspecified atom stereocenters. The summed E-state index contributed by atoms with van der Waals surface area (Å²) in [6.07, 6.45) is 1.41. The maximum atomic E-state index is 12.0. The summed E-state index contributed by atoms with van der Waals surface area (Å²) in [6, 6.07) is 7.00. The molecule has 1 saturated heterocycles. The second-order valence-corrected chi connectivity index (χ2v) is 4.07. The first-order valence-electron chi connectivity index (χ1n) is 5.66. The van der Waals surface area contributed by atoms with E-state index in [4.69, 9.17) is 4.74 Å². The summed E-state index contributed by atoms with van der Waals surface area (Å²) in [4.78, 5) is 25.0. The lowest BCUT2D eigenvalue weighted by atomic mass is 10.1. The Morgan fingerprint density at radius 3 is 2.94 bits per heavy atom. The van der Waals surface area contributed by atoms with Gasteiger partial charge in [-0.2, -0.15) is 0 Å². The van der Waals surface area contributed by atoms with Gasteiger partial charge in [0.1, 0.15) is 5.75 Å². The molecule has 2 rings (SSSR count). The average Bonchev–Trinajstić information content (AvgIpc) is 2.75. The summed E-state index contributed by atoms with van der Waals surface area (Å²) in [6.45, 7) is 0.862. The number of carbonyl (C=O) groups excluding carboxylic acids is 2. The van der Waals surface area contributed by atoms with Crippen LogP contribution in [0.3, 0.4) is 0 Å². The molecule has 0 N–H and O–H groups in total. The minimum absolute atomic E-state index is 0.0425. The van der Waals surface area contributed by atoms with Gasteiger partial charge in [-0.05, 0) is 18.6 Å². The van der Waals surface area contributed by atoms with Crippen LogP contribution in [0.5, 0.6) is 5.75 Å². The zero-order chi connectivity index (χ0) is 12.3. The molecule has 0 spiro atoms. The van der Waals surface area contributed by atoms with Crippen LogP contribution < -0.4 is 4.74 Å². The van der Waals surface area contributed by atoms with Gasteiger partial charge in [-0.3, -0.25) is 9.59 Å². The minimum atomic E-state index is -0.0425. The molecular weight excluding hydrogens is 218 g/mol. The Labute approximate surface area is 100 Å². The highest BCUT2D eigenvalue weighted by molar-refractivity contribution is 5.99. The van der Waals surface area contributed by atoms with E-state index in [9.17, 15) is 9.59 Å². The molecule has 1 aliphatic rings. The number of nitrogens with zero attached hydrogens (tertiary/aromatic N) is 1. The Morgan fingerprint density at radius 1 is 1.47 bits per heavy atom. The molecule has 4 nitrogen and oxygen atoms in total. The van der Waals surface area contributed by atoms with Gasteiger partial charge in [0, 0.05) is 18.5 Å². The van der Waals surface area contributed by atoms with Crippen molar-refractivity contribution in [2.45, 2.75) is 12.8 Å². The van der Waals surface area contributed by atoms with Gasteiger partial charge < -0.3 is 9.64 Å². The predicted octanol–water partition coefficient (Wildman–Crippen LogP) is 1.50. The number of hydrogen-bond donors (Lipinski definition) is 0. The van der Waals surface area contributed by atoms with Crippen LogP contribution in [0.2, 0.25) is 0 Å². The standard InChI is InChI=1S/C13H15NO3/c1-17-11-5-2-4-10(8-11)12(15)9-14-7-3-6-13(14)16/h2,4-5,8H,3,6-7,9H2,1H3. The third-order valence-corrected chi connectivity index (χ3v) is 2.90. The maximum absolute atomic E-state index is 12.0. The number of Topliss-reactive ketones (excluding diaryl/α,β-unsaturated/α-hetero) is 1. The number of amides is 1. The fourth-order valence-corrected chi connectivity index (χ4v) is 1.93. The monoisotopic (exact) mass is 233 g/mol. The first-order valence-corrected chi connectivity index (χ1v) is 5.66. The van der Waals surface area contributed by atoms with Crippen LogP contribution >= 0.6 is 0 Å².